The van der Waals surface area contributed by atoms with Crippen LogP contribution in [-0.4, -0.2) is 37.3 Å². The molecule has 5 nitrogen and oxygen atoms in total. The van der Waals surface area contributed by atoms with E-state index in [-0.39, 0.29) is 11.1 Å². The molecule has 0 bridgehead atoms. The molecule has 0 aromatic carbocycles. The van der Waals surface area contributed by atoms with E-state index in [4.69, 9.17) is 0 Å². The van der Waals surface area contributed by atoms with E-state index in [9.17, 15) is 8.42 Å². The van der Waals surface area contributed by atoms with Crippen molar-refractivity contribution in [2.24, 2.45) is 5.92 Å². The van der Waals surface area contributed by atoms with Gasteiger partial charge in [-0.05, 0) is 37.8 Å². The Kier molecular flexibility index (Phi) is 5.22. The van der Waals surface area contributed by atoms with Crippen LogP contribution in [0.4, 0.5) is 5.69 Å². The van der Waals surface area contributed by atoms with Gasteiger partial charge in [0.2, 0.25) is 0 Å². The highest BCUT2D eigenvalue weighted by atomic mass is 32.2. The van der Waals surface area contributed by atoms with Gasteiger partial charge in [0.1, 0.15) is 0 Å². The van der Waals surface area contributed by atoms with Gasteiger partial charge < -0.3 is 5.32 Å². The lowest BCUT2D eigenvalue weighted by Crippen LogP contribution is -2.43. The summed E-state index contributed by atoms with van der Waals surface area (Å²) < 4.78 is 27.3. The Morgan fingerprint density at radius 3 is 2.76 bits per heavy atom. The lowest BCUT2D eigenvalue weighted by Gasteiger charge is -2.35. The molecule has 1 aromatic rings. The minimum absolute atomic E-state index is 0.0697. The van der Waals surface area contributed by atoms with Crippen molar-refractivity contribution in [3.05, 3.63) is 18.3 Å². The predicted molar refractivity (Wildman–Crippen MR) is 84.8 cm³/mol. The zero-order chi connectivity index (χ0) is 15.5. The number of pyridine rings is 1. The van der Waals surface area contributed by atoms with Gasteiger partial charge in [-0.3, -0.25) is 0 Å². The van der Waals surface area contributed by atoms with Crippen LogP contribution in [0.25, 0.3) is 0 Å². The molecule has 1 N–H and O–H groups in total. The van der Waals surface area contributed by atoms with E-state index < -0.39 is 10.0 Å². The minimum atomic E-state index is -3.56. The lowest BCUT2D eigenvalue weighted by molar-refractivity contribution is 0.213. The molecule has 2 rings (SSSR count). The van der Waals surface area contributed by atoms with Crippen LogP contribution in [0.5, 0.6) is 0 Å². The highest BCUT2D eigenvalue weighted by Crippen LogP contribution is 2.31. The van der Waals surface area contributed by atoms with E-state index in [1.807, 2.05) is 6.92 Å². The van der Waals surface area contributed by atoms with Gasteiger partial charge in [0.15, 0.2) is 5.03 Å². The number of hydrogen-bond donors (Lipinski definition) is 1. The summed E-state index contributed by atoms with van der Waals surface area (Å²) in [6, 6.07) is 3.59. The standard InChI is InChI=1S/C15H25N3O2S/c1-4-16-13-9-7-11-17-15(13)21(19,20)18(3)14-10-6-5-8-12(14)2/h7,9,11-12,14,16H,4-6,8,10H2,1-3H3. The molecule has 6 heteroatoms. The fraction of sp³-hybridized carbons (Fsp3) is 0.667. The van der Waals surface area contributed by atoms with E-state index in [1.54, 1.807) is 19.2 Å². The molecule has 1 fully saturated rings. The fourth-order valence-electron chi connectivity index (χ4n) is 3.07. The Balaban J connectivity index is 2.32. The quantitative estimate of drug-likeness (QED) is 0.908. The van der Waals surface area contributed by atoms with Gasteiger partial charge in [-0.25, -0.2) is 13.4 Å². The molecule has 1 heterocycles. The Bertz CT molecular complexity index is 574. The van der Waals surface area contributed by atoms with E-state index in [1.165, 1.54) is 16.9 Å². The molecule has 1 aromatic heterocycles. The van der Waals surface area contributed by atoms with E-state index in [2.05, 4.69) is 17.2 Å². The topological polar surface area (TPSA) is 62.3 Å². The maximum atomic E-state index is 12.9. The molecule has 21 heavy (non-hydrogen) atoms. The molecule has 0 amide bonds. The second-order valence-corrected chi connectivity index (χ2v) is 7.65. The summed E-state index contributed by atoms with van der Waals surface area (Å²) in [5.74, 6) is 0.393. The largest absolute Gasteiger partial charge is 0.383 e. The molecule has 1 saturated carbocycles. The molecule has 0 saturated heterocycles. The normalized spacial score (nSPS) is 23.2. The summed E-state index contributed by atoms with van der Waals surface area (Å²) in [7, 11) is -1.88. The van der Waals surface area contributed by atoms with Crippen LogP contribution in [0.2, 0.25) is 0 Å². The molecule has 0 radical (unpaired) electrons. The summed E-state index contributed by atoms with van der Waals surface area (Å²) in [4.78, 5) is 4.12. The fourth-order valence-corrected chi connectivity index (χ4v) is 4.63. The van der Waals surface area contributed by atoms with Gasteiger partial charge in [-0.1, -0.05) is 19.8 Å². The number of rotatable bonds is 5. The number of anilines is 1. The molecule has 0 spiro atoms. The van der Waals surface area contributed by atoms with Crippen LogP contribution >= 0.6 is 0 Å². The van der Waals surface area contributed by atoms with Crippen molar-refractivity contribution in [2.75, 3.05) is 18.9 Å². The summed E-state index contributed by atoms with van der Waals surface area (Å²) >= 11 is 0. The van der Waals surface area contributed by atoms with Gasteiger partial charge >= 0.3 is 0 Å². The van der Waals surface area contributed by atoms with Crippen LogP contribution < -0.4 is 5.32 Å². The van der Waals surface area contributed by atoms with Gasteiger partial charge in [0.25, 0.3) is 10.0 Å². The summed E-state index contributed by atoms with van der Waals surface area (Å²) in [6.07, 6.45) is 5.84. The van der Waals surface area contributed by atoms with E-state index in [0.29, 0.717) is 18.2 Å². The SMILES string of the molecule is CCNc1cccnc1S(=O)(=O)N(C)C1CCCCC1C. The van der Waals surface area contributed by atoms with Crippen molar-refractivity contribution in [3.8, 4) is 0 Å². The monoisotopic (exact) mass is 311 g/mol. The van der Waals surface area contributed by atoms with E-state index >= 15 is 0 Å². The zero-order valence-corrected chi connectivity index (χ0v) is 13.9. The molecule has 1 aliphatic carbocycles. The van der Waals surface area contributed by atoms with Crippen LogP contribution in [-0.2, 0) is 10.0 Å². The average molecular weight is 311 g/mol. The third-order valence-corrected chi connectivity index (χ3v) is 6.14. The number of sulfonamides is 1. The number of hydrogen-bond acceptors (Lipinski definition) is 4. The Hall–Kier alpha value is -1.14. The number of nitrogens with one attached hydrogen (secondary N) is 1. The summed E-state index contributed by atoms with van der Waals surface area (Å²) in [6.45, 7) is 4.74. The Morgan fingerprint density at radius 1 is 1.38 bits per heavy atom. The third kappa shape index (κ3) is 3.37. The van der Waals surface area contributed by atoms with Gasteiger partial charge in [-0.15, -0.1) is 0 Å². The molecule has 0 aliphatic heterocycles. The number of aromatic nitrogens is 1. The van der Waals surface area contributed by atoms with Crippen LogP contribution in [0.15, 0.2) is 23.4 Å². The Morgan fingerprint density at radius 2 is 2.10 bits per heavy atom. The van der Waals surface area contributed by atoms with E-state index in [0.717, 1.165) is 19.3 Å². The van der Waals surface area contributed by atoms with Crippen molar-refractivity contribution >= 4 is 15.7 Å². The predicted octanol–water partition coefficient (Wildman–Crippen LogP) is 2.71. The summed E-state index contributed by atoms with van der Waals surface area (Å²) in [5.41, 5.74) is 0.579. The van der Waals surface area contributed by atoms with Crippen molar-refractivity contribution in [1.82, 2.24) is 9.29 Å². The first-order valence-corrected chi connectivity index (χ1v) is 9.09. The molecule has 118 valence electrons. The maximum absolute atomic E-state index is 12.9. The van der Waals surface area contributed by atoms with Crippen LogP contribution in [0, 0.1) is 5.92 Å². The third-order valence-electron chi connectivity index (χ3n) is 4.30. The molecular formula is C15H25N3O2S. The second kappa shape index (κ2) is 6.75. The average Bonchev–Trinajstić information content (AvgIpc) is 2.48. The van der Waals surface area contributed by atoms with Crippen molar-refractivity contribution < 1.29 is 8.42 Å². The lowest BCUT2D eigenvalue weighted by atomic mass is 9.86. The maximum Gasteiger partial charge on any atom is 0.262 e. The van der Waals surface area contributed by atoms with Crippen molar-refractivity contribution in [2.45, 2.75) is 50.6 Å². The minimum Gasteiger partial charge on any atom is -0.383 e. The molecule has 2 unspecified atom stereocenters. The highest BCUT2D eigenvalue weighted by molar-refractivity contribution is 7.89. The number of nitrogens with zero attached hydrogens (tertiary/aromatic N) is 2. The first-order chi connectivity index (χ1) is 9.98. The zero-order valence-electron chi connectivity index (χ0n) is 13.0. The van der Waals surface area contributed by atoms with Crippen molar-refractivity contribution in [1.29, 1.82) is 0 Å². The highest BCUT2D eigenvalue weighted by Gasteiger charge is 2.34. The first-order valence-electron chi connectivity index (χ1n) is 7.65. The van der Waals surface area contributed by atoms with Crippen LogP contribution in [0.3, 0.4) is 0 Å². The molecular weight excluding hydrogens is 286 g/mol. The van der Waals surface area contributed by atoms with Gasteiger partial charge in [0.05, 0.1) is 5.69 Å². The van der Waals surface area contributed by atoms with Crippen molar-refractivity contribution in [3.63, 3.8) is 0 Å². The van der Waals surface area contributed by atoms with Gasteiger partial charge in [0, 0.05) is 25.8 Å². The van der Waals surface area contributed by atoms with Crippen LogP contribution in [0.1, 0.15) is 39.5 Å². The molecule has 1 aliphatic rings. The second-order valence-electron chi connectivity index (χ2n) is 5.74. The van der Waals surface area contributed by atoms with Gasteiger partial charge in [-0.2, -0.15) is 4.31 Å². The first kappa shape index (κ1) is 16.2. The Labute approximate surface area is 127 Å². The summed E-state index contributed by atoms with van der Waals surface area (Å²) in [5, 5.41) is 3.21. The smallest absolute Gasteiger partial charge is 0.262 e. The molecule has 2 atom stereocenters.